The smallest absolute Gasteiger partial charge is 0.311 e. The van der Waals surface area contributed by atoms with Crippen LogP contribution >= 0.6 is 0 Å². The van der Waals surface area contributed by atoms with Gasteiger partial charge in [-0.1, -0.05) is 129 Å². The second kappa shape index (κ2) is 30.3. The average Bonchev–Trinajstić information content (AvgIpc) is 3.18. The van der Waals surface area contributed by atoms with E-state index in [0.717, 1.165) is 86.3 Å². The lowest BCUT2D eigenvalue weighted by Gasteiger charge is -2.09. The topological polar surface area (TPSA) is 60.4 Å². The van der Waals surface area contributed by atoms with Crippen molar-refractivity contribution in [2.45, 2.75) is 181 Å². The van der Waals surface area contributed by atoms with Gasteiger partial charge in [0.05, 0.1) is 10.8 Å². The lowest BCUT2D eigenvalue weighted by Crippen LogP contribution is -3.00. The number of nitrogens with zero attached hydrogens (tertiary/aromatic N) is 2. The Bertz CT molecular complexity index is 1550. The first-order valence-corrected chi connectivity index (χ1v) is 21.8. The molecule has 56 heavy (non-hydrogen) atoms. The molecule has 0 spiro atoms. The molecule has 8 heteroatoms. The Morgan fingerprint density at radius 2 is 0.750 bits per heavy atom. The molecule has 2 aromatic carbocycles. The molecule has 0 aliphatic rings. The maximum Gasteiger partial charge on any atom is 0.311 e. The van der Waals surface area contributed by atoms with Gasteiger partial charge in [0.2, 0.25) is 11.5 Å². The van der Waals surface area contributed by atoms with E-state index in [0.29, 0.717) is 24.3 Å². The molecule has 0 saturated carbocycles. The summed E-state index contributed by atoms with van der Waals surface area (Å²) in [6, 6.07) is 20.3. The first-order valence-electron chi connectivity index (χ1n) is 21.8. The van der Waals surface area contributed by atoms with Crippen LogP contribution in [0, 0.1) is 0 Å². The molecule has 0 fully saturated rings. The van der Waals surface area contributed by atoms with Crippen molar-refractivity contribution >= 4 is 33.7 Å². The summed E-state index contributed by atoms with van der Waals surface area (Å²) in [7, 11) is 0. The van der Waals surface area contributed by atoms with Crippen LogP contribution in [-0.2, 0) is 22.7 Å². The average molecular weight is 899 g/mol. The molecular formula is C48H70Br2N2O4. The molecule has 0 saturated heterocycles. The van der Waals surface area contributed by atoms with Crippen molar-refractivity contribution in [2.75, 3.05) is 0 Å². The molecule has 4 rings (SSSR count). The van der Waals surface area contributed by atoms with E-state index in [1.165, 1.54) is 89.9 Å². The second-order valence-electron chi connectivity index (χ2n) is 15.3. The van der Waals surface area contributed by atoms with Crippen molar-refractivity contribution in [1.82, 2.24) is 0 Å². The SMILES string of the molecule is CCCCCCCCCCCC(=O)Oc1cccc2ccc[n+](CCCCCC[n+]3cccc4cccc(OC(=O)CCCCCCCCCCC)c43)c12.[Br-].[Br-]. The quantitative estimate of drug-likeness (QED) is 0.0271. The van der Waals surface area contributed by atoms with Crippen LogP contribution in [0.1, 0.15) is 168 Å². The van der Waals surface area contributed by atoms with Crippen LogP contribution < -0.4 is 52.6 Å². The zero-order valence-electron chi connectivity index (χ0n) is 34.6. The zero-order valence-corrected chi connectivity index (χ0v) is 37.8. The van der Waals surface area contributed by atoms with Crippen LogP contribution in [-0.4, -0.2) is 11.9 Å². The standard InChI is InChI=1S/C48H70N2O4.2BrH/c1-3-5-7-9-11-13-15-17-21-35-45(51)53-43-33-25-29-41-31-27-39-49(47(41)43)37-23-19-20-24-38-50-40-28-32-42-30-26-34-44(48(42)50)54-46(52)36-22-18-16-14-12-10-8-6-4-2;;/h25-34,39-40H,3-24,35-38H2,1-2H3;2*1H/q+2;;/p-2. The summed E-state index contributed by atoms with van der Waals surface area (Å²) in [5.74, 6) is 1.05. The number of para-hydroxylation sites is 2. The van der Waals surface area contributed by atoms with Gasteiger partial charge in [-0.3, -0.25) is 9.59 Å². The number of benzene rings is 2. The summed E-state index contributed by atoms with van der Waals surface area (Å²) in [6.07, 6.45) is 31.5. The summed E-state index contributed by atoms with van der Waals surface area (Å²) in [5.41, 5.74) is 1.98. The molecule has 0 radical (unpaired) electrons. The molecule has 310 valence electrons. The van der Waals surface area contributed by atoms with Crippen molar-refractivity contribution in [1.29, 1.82) is 0 Å². The number of halogens is 2. The van der Waals surface area contributed by atoms with Crippen LogP contribution in [0.5, 0.6) is 11.5 Å². The minimum absolute atomic E-state index is 0. The monoisotopic (exact) mass is 896 g/mol. The van der Waals surface area contributed by atoms with Gasteiger partial charge in [0.15, 0.2) is 12.4 Å². The summed E-state index contributed by atoms with van der Waals surface area (Å²) >= 11 is 0. The van der Waals surface area contributed by atoms with E-state index >= 15 is 0 Å². The molecule has 2 aromatic heterocycles. The Balaban J connectivity index is 0.00000541. The summed E-state index contributed by atoms with van der Waals surface area (Å²) in [5, 5.41) is 2.17. The normalized spacial score (nSPS) is 11.0. The molecule has 0 aliphatic carbocycles. The van der Waals surface area contributed by atoms with Gasteiger partial charge in [-0.25, -0.2) is 0 Å². The third-order valence-corrected chi connectivity index (χ3v) is 10.7. The molecule has 0 unspecified atom stereocenters. The van der Waals surface area contributed by atoms with Crippen LogP contribution in [0.15, 0.2) is 73.1 Å². The largest absolute Gasteiger partial charge is 1.00 e. The fourth-order valence-corrected chi connectivity index (χ4v) is 7.58. The summed E-state index contributed by atoms with van der Waals surface area (Å²) in [6.45, 7) is 6.24. The van der Waals surface area contributed by atoms with Gasteiger partial charge in [0.1, 0.15) is 13.1 Å². The number of pyridine rings is 2. The number of carbonyl (C=O) groups excluding carboxylic acids is 2. The van der Waals surface area contributed by atoms with Crippen molar-refractivity contribution in [2.24, 2.45) is 0 Å². The minimum Gasteiger partial charge on any atom is -1.00 e. The van der Waals surface area contributed by atoms with Crippen molar-refractivity contribution in [3.8, 4) is 11.5 Å². The Hall–Kier alpha value is -2.84. The van der Waals surface area contributed by atoms with E-state index < -0.39 is 0 Å². The first-order chi connectivity index (χ1) is 26.6. The number of fused-ring (bicyclic) bond motifs is 2. The number of hydrogen-bond donors (Lipinski definition) is 0. The van der Waals surface area contributed by atoms with E-state index in [9.17, 15) is 9.59 Å². The highest BCUT2D eigenvalue weighted by molar-refractivity contribution is 5.85. The van der Waals surface area contributed by atoms with E-state index in [2.05, 4.69) is 71.8 Å². The van der Waals surface area contributed by atoms with Crippen molar-refractivity contribution < 1.29 is 62.2 Å². The minimum atomic E-state index is -0.136. The van der Waals surface area contributed by atoms with Crippen LogP contribution in [0.4, 0.5) is 0 Å². The second-order valence-corrected chi connectivity index (χ2v) is 15.3. The van der Waals surface area contributed by atoms with E-state index in [1.54, 1.807) is 0 Å². The number of aromatic nitrogens is 2. The van der Waals surface area contributed by atoms with Gasteiger partial charge in [-0.15, -0.1) is 0 Å². The molecule has 4 aromatic rings. The highest BCUT2D eigenvalue weighted by Gasteiger charge is 2.19. The molecule has 0 amide bonds. The molecular weight excluding hydrogens is 828 g/mol. The third-order valence-electron chi connectivity index (χ3n) is 10.7. The molecule has 6 nitrogen and oxygen atoms in total. The highest BCUT2D eigenvalue weighted by atomic mass is 79.9. The molecule has 0 N–H and O–H groups in total. The Kier molecular flexibility index (Phi) is 26.6. The van der Waals surface area contributed by atoms with Gasteiger partial charge in [0.25, 0.3) is 11.0 Å². The first kappa shape index (κ1) is 49.3. The number of carbonyl (C=O) groups is 2. The van der Waals surface area contributed by atoms with Gasteiger partial charge < -0.3 is 43.4 Å². The lowest BCUT2D eigenvalue weighted by molar-refractivity contribution is -0.673. The van der Waals surface area contributed by atoms with Crippen LogP contribution in [0.3, 0.4) is 0 Å². The Morgan fingerprint density at radius 1 is 0.429 bits per heavy atom. The summed E-state index contributed by atoms with van der Waals surface area (Å²) < 4.78 is 16.4. The zero-order chi connectivity index (χ0) is 38.1. The van der Waals surface area contributed by atoms with E-state index in [1.807, 2.05) is 24.3 Å². The van der Waals surface area contributed by atoms with Crippen molar-refractivity contribution in [3.63, 3.8) is 0 Å². The Morgan fingerprint density at radius 3 is 1.12 bits per heavy atom. The lowest BCUT2D eigenvalue weighted by atomic mass is 10.1. The van der Waals surface area contributed by atoms with Crippen LogP contribution in [0.2, 0.25) is 0 Å². The number of aryl methyl sites for hydroxylation is 2. The van der Waals surface area contributed by atoms with Crippen molar-refractivity contribution in [3.05, 3.63) is 73.1 Å². The Labute approximate surface area is 359 Å². The van der Waals surface area contributed by atoms with Gasteiger partial charge in [-0.2, -0.15) is 9.13 Å². The fraction of sp³-hybridized carbons (Fsp3) is 0.583. The molecule has 2 heterocycles. The maximum absolute atomic E-state index is 12.8. The summed E-state index contributed by atoms with van der Waals surface area (Å²) in [4.78, 5) is 25.7. The number of unbranched alkanes of at least 4 members (excludes halogenated alkanes) is 19. The fourth-order valence-electron chi connectivity index (χ4n) is 7.58. The molecule has 0 bridgehead atoms. The molecule has 0 aliphatic heterocycles. The van der Waals surface area contributed by atoms with Gasteiger partial charge in [0, 0.05) is 37.8 Å². The van der Waals surface area contributed by atoms with E-state index in [-0.39, 0.29) is 45.9 Å². The number of esters is 2. The number of ether oxygens (including phenoxy) is 2. The highest BCUT2D eigenvalue weighted by Crippen LogP contribution is 2.25. The number of hydrogen-bond acceptors (Lipinski definition) is 4. The number of rotatable bonds is 29. The van der Waals surface area contributed by atoms with E-state index in [4.69, 9.17) is 9.47 Å². The molecule has 0 atom stereocenters. The van der Waals surface area contributed by atoms with Crippen LogP contribution in [0.25, 0.3) is 21.8 Å². The third kappa shape index (κ3) is 18.2. The predicted molar refractivity (Wildman–Crippen MR) is 222 cm³/mol. The van der Waals surface area contributed by atoms with Gasteiger partial charge >= 0.3 is 11.9 Å². The maximum atomic E-state index is 12.8. The van der Waals surface area contributed by atoms with Gasteiger partial charge in [-0.05, 0) is 62.1 Å². The predicted octanol–water partition coefficient (Wildman–Crippen LogP) is 6.49.